The smallest absolute Gasteiger partial charge is 0.100 e. The van der Waals surface area contributed by atoms with Crippen LogP contribution in [-0.4, -0.2) is 18.7 Å². The average Bonchev–Trinajstić information content (AvgIpc) is 2.59. The highest BCUT2D eigenvalue weighted by atomic mass is 35.5. The summed E-state index contributed by atoms with van der Waals surface area (Å²) in [7, 11) is 0. The molecule has 1 saturated heterocycles. The van der Waals surface area contributed by atoms with Crippen molar-refractivity contribution in [3.8, 4) is 0 Å². The molecule has 2 heterocycles. The van der Waals surface area contributed by atoms with Crippen molar-refractivity contribution in [2.45, 2.75) is 31.9 Å². The lowest BCUT2D eigenvalue weighted by atomic mass is 9.97. The zero-order valence-corrected chi connectivity index (χ0v) is 11.7. The van der Waals surface area contributed by atoms with E-state index in [4.69, 9.17) is 27.9 Å². The largest absolute Gasteiger partial charge is 0.370 e. The lowest BCUT2D eigenvalue weighted by molar-refractivity contribution is -0.0296. The Bertz CT molecular complexity index is 372. The van der Waals surface area contributed by atoms with Gasteiger partial charge in [0, 0.05) is 17.6 Å². The maximum Gasteiger partial charge on any atom is 0.100 e. The molecule has 1 aliphatic heterocycles. The Morgan fingerprint density at radius 2 is 2.38 bits per heavy atom. The minimum Gasteiger partial charge on any atom is -0.370 e. The van der Waals surface area contributed by atoms with Crippen LogP contribution in [0.3, 0.4) is 0 Å². The fourth-order valence-electron chi connectivity index (χ4n) is 1.73. The van der Waals surface area contributed by atoms with E-state index in [0.29, 0.717) is 10.9 Å². The molecule has 1 fully saturated rings. The van der Waals surface area contributed by atoms with Crippen LogP contribution in [0.4, 0.5) is 0 Å². The third-order valence-corrected chi connectivity index (χ3v) is 4.65. The Morgan fingerprint density at radius 3 is 2.81 bits per heavy atom. The number of ether oxygens (including phenoxy) is 1. The van der Waals surface area contributed by atoms with E-state index in [1.807, 2.05) is 6.07 Å². The lowest BCUT2D eigenvalue weighted by Gasteiger charge is -2.38. The summed E-state index contributed by atoms with van der Waals surface area (Å²) in [5.41, 5.74) is 1.09. The van der Waals surface area contributed by atoms with Gasteiger partial charge in [-0.25, -0.2) is 0 Å². The molecular formula is C11H15Cl2NOS. The third-order valence-electron chi connectivity index (χ3n) is 3.13. The summed E-state index contributed by atoms with van der Waals surface area (Å²) in [6, 6.07) is 1.90. The van der Waals surface area contributed by atoms with Gasteiger partial charge in [-0.05, 0) is 19.4 Å². The predicted molar refractivity (Wildman–Crippen MR) is 69.7 cm³/mol. The predicted octanol–water partition coefficient (Wildman–Crippen LogP) is 3.88. The van der Waals surface area contributed by atoms with Gasteiger partial charge in [-0.2, -0.15) is 0 Å². The van der Waals surface area contributed by atoms with Gasteiger partial charge in [0.15, 0.2) is 0 Å². The van der Waals surface area contributed by atoms with Gasteiger partial charge in [-0.3, -0.25) is 0 Å². The van der Waals surface area contributed by atoms with Crippen LogP contribution >= 0.6 is 34.5 Å². The summed E-state index contributed by atoms with van der Waals surface area (Å²) >= 11 is 13.4. The first kappa shape index (κ1) is 12.7. The highest BCUT2D eigenvalue weighted by molar-refractivity contribution is 7.20. The highest BCUT2D eigenvalue weighted by Crippen LogP contribution is 2.37. The van der Waals surface area contributed by atoms with Gasteiger partial charge in [0.25, 0.3) is 0 Å². The maximum atomic E-state index is 6.11. The van der Waals surface area contributed by atoms with E-state index in [1.54, 1.807) is 0 Å². The molecule has 0 radical (unpaired) electrons. The van der Waals surface area contributed by atoms with Crippen molar-refractivity contribution in [3.05, 3.63) is 20.3 Å². The van der Waals surface area contributed by atoms with E-state index in [9.17, 15) is 0 Å². The van der Waals surface area contributed by atoms with Crippen molar-refractivity contribution in [1.29, 1.82) is 0 Å². The molecule has 2 atom stereocenters. The van der Waals surface area contributed by atoms with E-state index in [-0.39, 0.29) is 11.6 Å². The zero-order chi connectivity index (χ0) is 11.8. The number of morpholine rings is 1. The quantitative estimate of drug-likeness (QED) is 0.887. The Kier molecular flexibility index (Phi) is 3.82. The Balaban J connectivity index is 2.07. The summed E-state index contributed by atoms with van der Waals surface area (Å²) < 4.78 is 7.31. The molecule has 2 unspecified atom stereocenters. The Labute approximate surface area is 110 Å². The average molecular weight is 280 g/mol. The number of nitrogens with one attached hydrogen (secondary N) is 1. The van der Waals surface area contributed by atoms with Gasteiger partial charge in [0.1, 0.15) is 4.34 Å². The Hall–Kier alpha value is 0.200. The van der Waals surface area contributed by atoms with Crippen molar-refractivity contribution < 1.29 is 4.74 Å². The molecule has 0 amide bonds. The lowest BCUT2D eigenvalue weighted by Crippen LogP contribution is -2.52. The van der Waals surface area contributed by atoms with Crippen molar-refractivity contribution >= 4 is 34.5 Å². The van der Waals surface area contributed by atoms with Crippen LogP contribution in [0.1, 0.15) is 31.9 Å². The molecule has 0 aromatic carbocycles. The maximum absolute atomic E-state index is 6.11. The summed E-state index contributed by atoms with van der Waals surface area (Å²) in [6.07, 6.45) is 1.08. The number of hydrogen-bond acceptors (Lipinski definition) is 3. The standard InChI is InChI=1S/C11H15Cl2NOS/c1-3-11(2)6-15-8(5-14-11)7-4-9(12)16-10(7)13/h4,8,14H,3,5-6H2,1-2H3. The van der Waals surface area contributed by atoms with Crippen LogP contribution in [0, 0.1) is 0 Å². The van der Waals surface area contributed by atoms with Crippen LogP contribution < -0.4 is 5.32 Å². The number of halogens is 2. The fourth-order valence-corrected chi connectivity index (χ4v) is 3.29. The minimum atomic E-state index is 0.0240. The molecule has 1 N–H and O–H groups in total. The molecule has 0 saturated carbocycles. The molecule has 1 aromatic heterocycles. The molecule has 2 rings (SSSR count). The molecule has 16 heavy (non-hydrogen) atoms. The normalized spacial score (nSPS) is 30.6. The summed E-state index contributed by atoms with van der Waals surface area (Å²) in [6.45, 7) is 5.83. The van der Waals surface area contributed by atoms with Gasteiger partial charge in [0.2, 0.25) is 0 Å². The van der Waals surface area contributed by atoms with Gasteiger partial charge in [-0.15, -0.1) is 11.3 Å². The SMILES string of the molecule is CCC1(C)COC(c2cc(Cl)sc2Cl)CN1. The number of hydrogen-bond donors (Lipinski definition) is 1. The highest BCUT2D eigenvalue weighted by Gasteiger charge is 2.31. The summed E-state index contributed by atoms with van der Waals surface area (Å²) in [5.74, 6) is 0. The van der Waals surface area contributed by atoms with E-state index in [1.165, 1.54) is 11.3 Å². The van der Waals surface area contributed by atoms with E-state index < -0.39 is 0 Å². The molecule has 1 aromatic rings. The topological polar surface area (TPSA) is 21.3 Å². The van der Waals surface area contributed by atoms with E-state index in [0.717, 1.165) is 22.9 Å². The van der Waals surface area contributed by atoms with Crippen molar-refractivity contribution in [2.24, 2.45) is 0 Å². The van der Waals surface area contributed by atoms with Crippen molar-refractivity contribution in [1.82, 2.24) is 5.32 Å². The van der Waals surface area contributed by atoms with E-state index in [2.05, 4.69) is 19.2 Å². The molecule has 0 spiro atoms. The van der Waals surface area contributed by atoms with Crippen molar-refractivity contribution in [2.75, 3.05) is 13.2 Å². The second-order valence-electron chi connectivity index (χ2n) is 4.37. The second-order valence-corrected chi connectivity index (χ2v) is 6.66. The van der Waals surface area contributed by atoms with E-state index >= 15 is 0 Å². The first-order chi connectivity index (χ1) is 7.54. The number of thiophene rings is 1. The van der Waals surface area contributed by atoms with Gasteiger partial charge in [0.05, 0.1) is 17.0 Å². The Morgan fingerprint density at radius 1 is 1.62 bits per heavy atom. The first-order valence-electron chi connectivity index (χ1n) is 5.35. The molecule has 5 heteroatoms. The first-order valence-corrected chi connectivity index (χ1v) is 6.93. The summed E-state index contributed by atoms with van der Waals surface area (Å²) in [5, 5.41) is 3.51. The van der Waals surface area contributed by atoms with Crippen LogP contribution in [-0.2, 0) is 4.74 Å². The minimum absolute atomic E-state index is 0.0240. The van der Waals surface area contributed by atoms with Crippen molar-refractivity contribution in [3.63, 3.8) is 0 Å². The molecule has 1 aliphatic rings. The summed E-state index contributed by atoms with van der Waals surface area (Å²) in [4.78, 5) is 0. The molecule has 0 bridgehead atoms. The third kappa shape index (κ3) is 2.54. The zero-order valence-electron chi connectivity index (χ0n) is 9.35. The molecule has 90 valence electrons. The monoisotopic (exact) mass is 279 g/mol. The van der Waals surface area contributed by atoms with Gasteiger partial charge >= 0.3 is 0 Å². The fraction of sp³-hybridized carbons (Fsp3) is 0.636. The second kappa shape index (κ2) is 4.83. The number of rotatable bonds is 2. The van der Waals surface area contributed by atoms with Crippen LogP contribution in [0.5, 0.6) is 0 Å². The van der Waals surface area contributed by atoms with Crippen LogP contribution in [0.15, 0.2) is 6.07 Å². The van der Waals surface area contributed by atoms with Crippen LogP contribution in [0.2, 0.25) is 8.67 Å². The molecular weight excluding hydrogens is 265 g/mol. The molecule has 0 aliphatic carbocycles. The van der Waals surface area contributed by atoms with Gasteiger partial charge < -0.3 is 10.1 Å². The van der Waals surface area contributed by atoms with Gasteiger partial charge in [-0.1, -0.05) is 30.1 Å². The van der Waals surface area contributed by atoms with Crippen LogP contribution in [0.25, 0.3) is 0 Å². The molecule has 2 nitrogen and oxygen atoms in total.